The molecule has 0 radical (unpaired) electrons. The van der Waals surface area contributed by atoms with Crippen LogP contribution >= 0.6 is 0 Å². The second-order valence-corrected chi connectivity index (χ2v) is 5.48. The predicted octanol–water partition coefficient (Wildman–Crippen LogP) is 2.46. The van der Waals surface area contributed by atoms with Gasteiger partial charge in [0, 0.05) is 25.6 Å². The average molecular weight is 270 g/mol. The molecule has 0 aliphatic heterocycles. The van der Waals surface area contributed by atoms with Crippen molar-refractivity contribution in [1.29, 1.82) is 0 Å². The summed E-state index contributed by atoms with van der Waals surface area (Å²) in [6, 6.07) is 0.485. The van der Waals surface area contributed by atoms with Gasteiger partial charge in [-0.3, -0.25) is 4.79 Å². The summed E-state index contributed by atoms with van der Waals surface area (Å²) in [4.78, 5) is 24.4. The first-order valence-electron chi connectivity index (χ1n) is 7.30. The number of nitrogens with one attached hydrogen (secondary N) is 1. The molecular formula is C14H26N2O3. The molecule has 1 rings (SSSR count). The molecule has 19 heavy (non-hydrogen) atoms. The molecule has 1 fully saturated rings. The second kappa shape index (κ2) is 8.02. The third kappa shape index (κ3) is 6.45. The van der Waals surface area contributed by atoms with E-state index in [4.69, 9.17) is 5.11 Å². The Bertz CT molecular complexity index is 303. The van der Waals surface area contributed by atoms with Gasteiger partial charge >= 0.3 is 12.0 Å². The summed E-state index contributed by atoms with van der Waals surface area (Å²) in [5.41, 5.74) is 0. The lowest BCUT2D eigenvalue weighted by Crippen LogP contribution is -2.42. The largest absolute Gasteiger partial charge is 0.481 e. The molecule has 0 heterocycles. The number of rotatable bonds is 9. The Balaban J connectivity index is 2.16. The number of carbonyl (C=O) groups excluding carboxylic acids is 1. The number of carbonyl (C=O) groups is 2. The molecule has 5 nitrogen and oxygen atoms in total. The fraction of sp³-hybridized carbons (Fsp3) is 0.857. The van der Waals surface area contributed by atoms with Crippen LogP contribution in [0.3, 0.4) is 0 Å². The molecule has 0 saturated heterocycles. The molecule has 0 spiro atoms. The average Bonchev–Trinajstić information content (AvgIpc) is 3.17. The van der Waals surface area contributed by atoms with Crippen molar-refractivity contribution >= 4 is 12.0 Å². The third-order valence-electron chi connectivity index (χ3n) is 3.48. The Morgan fingerprint density at radius 3 is 2.58 bits per heavy atom. The van der Waals surface area contributed by atoms with Crippen LogP contribution in [0.5, 0.6) is 0 Å². The summed E-state index contributed by atoms with van der Waals surface area (Å²) in [6.07, 6.45) is 4.96. The van der Waals surface area contributed by atoms with E-state index in [1.165, 1.54) is 0 Å². The summed E-state index contributed by atoms with van der Waals surface area (Å²) in [5.74, 6) is -0.421. The smallest absolute Gasteiger partial charge is 0.317 e. The molecule has 0 aromatic rings. The van der Waals surface area contributed by atoms with Crippen molar-refractivity contribution in [3.63, 3.8) is 0 Å². The minimum Gasteiger partial charge on any atom is -0.481 e. The third-order valence-corrected chi connectivity index (χ3v) is 3.48. The lowest BCUT2D eigenvalue weighted by Gasteiger charge is -2.22. The fourth-order valence-corrected chi connectivity index (χ4v) is 2.12. The molecule has 2 N–H and O–H groups in total. The fourth-order valence-electron chi connectivity index (χ4n) is 2.12. The molecule has 1 aliphatic rings. The normalized spacial score (nSPS) is 15.9. The van der Waals surface area contributed by atoms with Gasteiger partial charge in [0.15, 0.2) is 0 Å². The van der Waals surface area contributed by atoms with Crippen molar-refractivity contribution in [1.82, 2.24) is 10.2 Å². The number of nitrogens with zero attached hydrogens (tertiary/aromatic N) is 1. The number of amides is 2. The zero-order valence-corrected chi connectivity index (χ0v) is 12.0. The maximum absolute atomic E-state index is 12.0. The maximum atomic E-state index is 12.0. The van der Waals surface area contributed by atoms with Gasteiger partial charge in [-0.2, -0.15) is 0 Å². The monoisotopic (exact) mass is 270 g/mol. The lowest BCUT2D eigenvalue weighted by molar-refractivity contribution is -0.137. The molecular weight excluding hydrogens is 244 g/mol. The van der Waals surface area contributed by atoms with Gasteiger partial charge in [0.25, 0.3) is 0 Å². The Labute approximate surface area is 115 Å². The van der Waals surface area contributed by atoms with Gasteiger partial charge in [-0.1, -0.05) is 13.8 Å². The summed E-state index contributed by atoms with van der Waals surface area (Å²) in [6.45, 7) is 5.56. The predicted molar refractivity (Wildman–Crippen MR) is 74.1 cm³/mol. The highest BCUT2D eigenvalue weighted by molar-refractivity contribution is 5.74. The molecule has 110 valence electrons. The standard InChI is InChI=1S/C14H26N2O3/c1-3-10-16(12-5-6-12)14(19)15-9-8-11(2)4-7-13(17)18/h11-12H,3-10H2,1-2H3,(H,15,19)(H,17,18). The van der Waals surface area contributed by atoms with Gasteiger partial charge in [-0.15, -0.1) is 0 Å². The first kappa shape index (κ1) is 15.8. The highest BCUT2D eigenvalue weighted by Gasteiger charge is 2.31. The molecule has 5 heteroatoms. The molecule has 0 aromatic carbocycles. The zero-order valence-electron chi connectivity index (χ0n) is 12.0. The quantitative estimate of drug-likeness (QED) is 0.676. The van der Waals surface area contributed by atoms with Crippen LogP contribution in [0, 0.1) is 5.92 Å². The van der Waals surface area contributed by atoms with E-state index in [1.807, 2.05) is 11.8 Å². The molecule has 1 unspecified atom stereocenters. The number of aliphatic carboxylic acids is 1. The van der Waals surface area contributed by atoms with Crippen molar-refractivity contribution < 1.29 is 14.7 Å². The van der Waals surface area contributed by atoms with E-state index in [2.05, 4.69) is 12.2 Å². The molecule has 1 aliphatic carbocycles. The van der Waals surface area contributed by atoms with Gasteiger partial charge in [-0.05, 0) is 38.0 Å². The SMILES string of the molecule is CCCN(C(=O)NCCC(C)CCC(=O)O)C1CC1. The van der Waals surface area contributed by atoms with E-state index >= 15 is 0 Å². The lowest BCUT2D eigenvalue weighted by atomic mass is 10.0. The van der Waals surface area contributed by atoms with E-state index in [0.29, 0.717) is 24.9 Å². The Morgan fingerprint density at radius 2 is 2.05 bits per heavy atom. The summed E-state index contributed by atoms with van der Waals surface area (Å²) >= 11 is 0. The number of carboxylic acids is 1. The summed E-state index contributed by atoms with van der Waals surface area (Å²) in [7, 11) is 0. The van der Waals surface area contributed by atoms with Crippen LogP contribution in [-0.2, 0) is 4.79 Å². The van der Waals surface area contributed by atoms with E-state index < -0.39 is 5.97 Å². The van der Waals surface area contributed by atoms with Crippen LogP contribution in [0.15, 0.2) is 0 Å². The van der Waals surface area contributed by atoms with Crippen LogP contribution in [-0.4, -0.2) is 41.1 Å². The van der Waals surface area contributed by atoms with Gasteiger partial charge in [0.2, 0.25) is 0 Å². The molecule has 0 aromatic heterocycles. The number of hydrogen-bond donors (Lipinski definition) is 2. The van der Waals surface area contributed by atoms with Crippen molar-refractivity contribution in [2.75, 3.05) is 13.1 Å². The van der Waals surface area contributed by atoms with Crippen molar-refractivity contribution in [2.24, 2.45) is 5.92 Å². The van der Waals surface area contributed by atoms with Crippen LogP contribution in [0.4, 0.5) is 4.79 Å². The minimum absolute atomic E-state index is 0.0368. The number of hydrogen-bond acceptors (Lipinski definition) is 2. The van der Waals surface area contributed by atoms with Gasteiger partial charge in [0.1, 0.15) is 0 Å². The van der Waals surface area contributed by atoms with E-state index in [9.17, 15) is 9.59 Å². The second-order valence-electron chi connectivity index (χ2n) is 5.48. The topological polar surface area (TPSA) is 69.6 Å². The summed E-state index contributed by atoms with van der Waals surface area (Å²) in [5, 5.41) is 11.5. The van der Waals surface area contributed by atoms with Crippen molar-refractivity contribution in [3.8, 4) is 0 Å². The van der Waals surface area contributed by atoms with Gasteiger partial charge < -0.3 is 15.3 Å². The Hall–Kier alpha value is -1.26. The van der Waals surface area contributed by atoms with E-state index in [1.54, 1.807) is 0 Å². The first-order valence-corrected chi connectivity index (χ1v) is 7.30. The molecule has 2 amide bonds. The molecule has 0 bridgehead atoms. The summed E-state index contributed by atoms with van der Waals surface area (Å²) < 4.78 is 0. The Morgan fingerprint density at radius 1 is 1.37 bits per heavy atom. The van der Waals surface area contributed by atoms with Crippen LogP contribution in [0.2, 0.25) is 0 Å². The van der Waals surface area contributed by atoms with Gasteiger partial charge in [0.05, 0.1) is 0 Å². The number of urea groups is 1. The molecule has 1 atom stereocenters. The minimum atomic E-state index is -0.751. The van der Waals surface area contributed by atoms with E-state index in [-0.39, 0.29) is 12.5 Å². The first-order chi connectivity index (χ1) is 9.04. The highest BCUT2D eigenvalue weighted by Crippen LogP contribution is 2.26. The maximum Gasteiger partial charge on any atom is 0.317 e. The molecule has 1 saturated carbocycles. The van der Waals surface area contributed by atoms with Crippen molar-refractivity contribution in [2.45, 2.75) is 58.4 Å². The van der Waals surface area contributed by atoms with Crippen LogP contribution < -0.4 is 5.32 Å². The number of carboxylic acid groups (broad SMARTS) is 1. The van der Waals surface area contributed by atoms with Crippen LogP contribution in [0.25, 0.3) is 0 Å². The van der Waals surface area contributed by atoms with Gasteiger partial charge in [-0.25, -0.2) is 4.79 Å². The highest BCUT2D eigenvalue weighted by atomic mass is 16.4. The van der Waals surface area contributed by atoms with Crippen molar-refractivity contribution in [3.05, 3.63) is 0 Å². The zero-order chi connectivity index (χ0) is 14.3. The van der Waals surface area contributed by atoms with E-state index in [0.717, 1.165) is 32.2 Å². The van der Waals surface area contributed by atoms with Crippen LogP contribution in [0.1, 0.15) is 52.4 Å². The Kier molecular flexibility index (Phi) is 6.67.